The van der Waals surface area contributed by atoms with Gasteiger partial charge in [0.05, 0.1) is 0 Å². The molecule has 2 saturated carbocycles. The van der Waals surface area contributed by atoms with Gasteiger partial charge in [-0.1, -0.05) is 69.0 Å². The van der Waals surface area contributed by atoms with Crippen LogP contribution in [-0.2, 0) is 0 Å². The first kappa shape index (κ1) is 13.5. The lowest BCUT2D eigenvalue weighted by molar-refractivity contribution is 0.522. The molecule has 0 nitrogen and oxygen atoms in total. The zero-order valence-corrected chi connectivity index (χ0v) is 11.9. The van der Waals surface area contributed by atoms with Crippen LogP contribution in [0.25, 0.3) is 0 Å². The van der Waals surface area contributed by atoms with Crippen molar-refractivity contribution in [3.63, 3.8) is 0 Å². The van der Waals surface area contributed by atoms with Crippen LogP contribution in [0, 0.1) is 11.8 Å². The van der Waals surface area contributed by atoms with Crippen molar-refractivity contribution >= 4 is 11.6 Å². The maximum atomic E-state index is 6.58. The molecule has 0 aliphatic heterocycles. The molecule has 0 unspecified atom stereocenters. The van der Waals surface area contributed by atoms with E-state index in [4.69, 9.17) is 11.6 Å². The number of rotatable bonds is 2. The first-order valence-corrected chi connectivity index (χ1v) is 8.11. The predicted molar refractivity (Wildman–Crippen MR) is 76.3 cm³/mol. The van der Waals surface area contributed by atoms with Crippen LogP contribution in [0.5, 0.6) is 0 Å². The van der Waals surface area contributed by atoms with Gasteiger partial charge in [0.2, 0.25) is 0 Å². The van der Waals surface area contributed by atoms with Gasteiger partial charge in [-0.15, -0.1) is 0 Å². The zero-order chi connectivity index (χ0) is 11.9. The average Bonchev–Trinajstić information content (AvgIpc) is 2.72. The highest BCUT2D eigenvalue weighted by Gasteiger charge is 2.17. The van der Waals surface area contributed by atoms with E-state index >= 15 is 0 Å². The quantitative estimate of drug-likeness (QED) is 0.526. The Morgan fingerprint density at radius 1 is 0.706 bits per heavy atom. The lowest BCUT2D eigenvalue weighted by Gasteiger charge is -2.16. The standard InChI is InChI=1S/C16H27Cl/c17-16(15-11-7-3-4-8-12-15)13-14-9-5-1-2-6-10-14/h13-15H,1-12H2. The van der Waals surface area contributed by atoms with E-state index in [1.807, 2.05) is 0 Å². The summed E-state index contributed by atoms with van der Waals surface area (Å²) >= 11 is 6.58. The minimum atomic E-state index is 0.697. The van der Waals surface area contributed by atoms with Gasteiger partial charge in [-0.3, -0.25) is 0 Å². The predicted octanol–water partition coefficient (Wildman–Crippen LogP) is 6.05. The van der Waals surface area contributed by atoms with Gasteiger partial charge in [0.25, 0.3) is 0 Å². The molecule has 0 heterocycles. The van der Waals surface area contributed by atoms with Crippen LogP contribution < -0.4 is 0 Å². The summed E-state index contributed by atoms with van der Waals surface area (Å²) in [7, 11) is 0. The number of allylic oxidation sites excluding steroid dienone is 2. The Kier molecular flexibility index (Phi) is 5.91. The second-order valence-electron chi connectivity index (χ2n) is 5.99. The van der Waals surface area contributed by atoms with Crippen molar-refractivity contribution in [2.24, 2.45) is 11.8 Å². The fourth-order valence-corrected chi connectivity index (χ4v) is 3.79. The Labute approximate surface area is 112 Å². The molecule has 0 radical (unpaired) electrons. The monoisotopic (exact) mass is 254 g/mol. The Morgan fingerprint density at radius 3 is 1.71 bits per heavy atom. The molecule has 0 atom stereocenters. The van der Waals surface area contributed by atoms with Crippen molar-refractivity contribution in [1.29, 1.82) is 0 Å². The third-order valence-corrected chi connectivity index (χ3v) is 4.97. The van der Waals surface area contributed by atoms with Gasteiger partial charge in [0.15, 0.2) is 0 Å². The third kappa shape index (κ3) is 4.66. The van der Waals surface area contributed by atoms with Crippen LogP contribution >= 0.6 is 11.6 Å². The second kappa shape index (κ2) is 7.46. The van der Waals surface area contributed by atoms with Gasteiger partial charge in [-0.05, 0) is 37.5 Å². The second-order valence-corrected chi connectivity index (χ2v) is 6.43. The Hall–Kier alpha value is 0.0300. The normalized spacial score (nSPS) is 26.5. The van der Waals surface area contributed by atoms with E-state index in [1.165, 1.54) is 82.1 Å². The molecule has 2 aliphatic rings. The van der Waals surface area contributed by atoms with E-state index in [9.17, 15) is 0 Å². The zero-order valence-electron chi connectivity index (χ0n) is 11.1. The highest BCUT2D eigenvalue weighted by Crippen LogP contribution is 2.33. The van der Waals surface area contributed by atoms with Crippen molar-refractivity contribution in [2.75, 3.05) is 0 Å². The fraction of sp³-hybridized carbons (Fsp3) is 0.875. The minimum absolute atomic E-state index is 0.697. The highest BCUT2D eigenvalue weighted by molar-refractivity contribution is 6.29. The summed E-state index contributed by atoms with van der Waals surface area (Å²) in [6.07, 6.45) is 19.2. The van der Waals surface area contributed by atoms with Crippen LogP contribution in [0.4, 0.5) is 0 Å². The summed E-state index contributed by atoms with van der Waals surface area (Å²) in [5.74, 6) is 1.48. The topological polar surface area (TPSA) is 0 Å². The smallest absolute Gasteiger partial charge is 0.0174 e. The number of halogens is 1. The summed E-state index contributed by atoms with van der Waals surface area (Å²) in [5, 5.41) is 1.21. The van der Waals surface area contributed by atoms with Crippen LogP contribution in [-0.4, -0.2) is 0 Å². The van der Waals surface area contributed by atoms with Crippen LogP contribution in [0.15, 0.2) is 11.1 Å². The van der Waals surface area contributed by atoms with Gasteiger partial charge in [-0.2, -0.15) is 0 Å². The molecule has 2 aliphatic carbocycles. The first-order chi connectivity index (χ1) is 8.36. The van der Waals surface area contributed by atoms with Gasteiger partial charge in [-0.25, -0.2) is 0 Å². The van der Waals surface area contributed by atoms with Crippen molar-refractivity contribution in [1.82, 2.24) is 0 Å². The Bertz CT molecular complexity index is 228. The molecule has 17 heavy (non-hydrogen) atoms. The number of hydrogen-bond acceptors (Lipinski definition) is 0. The van der Waals surface area contributed by atoms with Gasteiger partial charge >= 0.3 is 0 Å². The SMILES string of the molecule is ClC(=CC1CCCCCC1)C1CCCCCC1. The summed E-state index contributed by atoms with van der Waals surface area (Å²) in [5.41, 5.74) is 0. The molecule has 0 N–H and O–H groups in total. The molecular weight excluding hydrogens is 228 g/mol. The molecule has 1 heteroatoms. The van der Waals surface area contributed by atoms with E-state index < -0.39 is 0 Å². The van der Waals surface area contributed by atoms with E-state index in [0.29, 0.717) is 5.92 Å². The van der Waals surface area contributed by atoms with E-state index in [1.54, 1.807) is 0 Å². The maximum Gasteiger partial charge on any atom is 0.0174 e. The molecule has 0 aromatic rings. The Balaban J connectivity index is 1.89. The summed E-state index contributed by atoms with van der Waals surface area (Å²) < 4.78 is 0. The first-order valence-electron chi connectivity index (χ1n) is 7.73. The lowest BCUT2D eigenvalue weighted by Crippen LogP contribution is -2.02. The summed E-state index contributed by atoms with van der Waals surface area (Å²) in [4.78, 5) is 0. The average molecular weight is 255 g/mol. The molecular formula is C16H27Cl. The molecule has 98 valence electrons. The molecule has 0 spiro atoms. The van der Waals surface area contributed by atoms with E-state index in [2.05, 4.69) is 6.08 Å². The minimum Gasteiger partial charge on any atom is -0.0892 e. The van der Waals surface area contributed by atoms with Crippen molar-refractivity contribution in [3.8, 4) is 0 Å². The molecule has 0 aromatic carbocycles. The summed E-state index contributed by atoms with van der Waals surface area (Å²) in [6, 6.07) is 0. The van der Waals surface area contributed by atoms with Crippen molar-refractivity contribution in [3.05, 3.63) is 11.1 Å². The fourth-order valence-electron chi connectivity index (χ4n) is 3.39. The lowest BCUT2D eigenvalue weighted by atomic mass is 9.94. The van der Waals surface area contributed by atoms with Crippen LogP contribution in [0.1, 0.15) is 77.0 Å². The highest BCUT2D eigenvalue weighted by atomic mass is 35.5. The van der Waals surface area contributed by atoms with E-state index in [-0.39, 0.29) is 0 Å². The van der Waals surface area contributed by atoms with Gasteiger partial charge < -0.3 is 0 Å². The molecule has 2 rings (SSSR count). The van der Waals surface area contributed by atoms with Gasteiger partial charge in [0.1, 0.15) is 0 Å². The number of hydrogen-bond donors (Lipinski definition) is 0. The molecule has 0 bridgehead atoms. The largest absolute Gasteiger partial charge is 0.0892 e. The maximum absolute atomic E-state index is 6.58. The Morgan fingerprint density at radius 2 is 1.18 bits per heavy atom. The van der Waals surface area contributed by atoms with E-state index in [0.717, 1.165) is 5.92 Å². The molecule has 2 fully saturated rings. The molecule has 0 amide bonds. The van der Waals surface area contributed by atoms with Gasteiger partial charge in [0, 0.05) is 5.03 Å². The molecule has 0 aromatic heterocycles. The van der Waals surface area contributed by atoms with Crippen LogP contribution in [0.2, 0.25) is 0 Å². The molecule has 0 saturated heterocycles. The van der Waals surface area contributed by atoms with Crippen molar-refractivity contribution < 1.29 is 0 Å². The third-order valence-electron chi connectivity index (χ3n) is 4.54. The summed E-state index contributed by atoms with van der Waals surface area (Å²) in [6.45, 7) is 0. The van der Waals surface area contributed by atoms with Crippen LogP contribution in [0.3, 0.4) is 0 Å². The van der Waals surface area contributed by atoms with Crippen molar-refractivity contribution in [2.45, 2.75) is 77.0 Å².